The monoisotopic (exact) mass is 425 g/mol. The number of ether oxygens (including phenoxy) is 1. The van der Waals surface area contributed by atoms with Crippen LogP contribution in [0.5, 0.6) is 0 Å². The average Bonchev–Trinajstić information content (AvgIpc) is 2.59. The number of hydrogen-bond acceptors (Lipinski definition) is 5. The van der Waals surface area contributed by atoms with Gasteiger partial charge in [-0.05, 0) is 38.0 Å². The standard InChI is InChI=1S/C18H28FN3O3.2ClH/c1-13(21-18(24)12-20-7-10-25-2)16-11-14(19)3-4-17(16)22-8-5-15(23)6-9-22;;/h3-4,11,13,15,20,23H,5-10,12H2,1-2H3,(H,21,24);2*1H. The smallest absolute Gasteiger partial charge is 0.234 e. The Morgan fingerprint density at radius 1 is 1.37 bits per heavy atom. The van der Waals surface area contributed by atoms with Gasteiger partial charge in [-0.3, -0.25) is 4.79 Å². The minimum Gasteiger partial charge on any atom is -0.393 e. The van der Waals surface area contributed by atoms with Crippen LogP contribution >= 0.6 is 24.8 Å². The molecule has 1 saturated heterocycles. The molecule has 3 N–H and O–H groups in total. The van der Waals surface area contributed by atoms with Crippen molar-refractivity contribution in [3.8, 4) is 0 Å². The number of piperidine rings is 1. The van der Waals surface area contributed by atoms with Crippen molar-refractivity contribution < 1.29 is 19.0 Å². The molecule has 9 heteroatoms. The van der Waals surface area contributed by atoms with Crippen LogP contribution in [0.25, 0.3) is 0 Å². The lowest BCUT2D eigenvalue weighted by molar-refractivity contribution is -0.120. The molecule has 1 aliphatic rings. The molecular weight excluding hydrogens is 396 g/mol. The highest BCUT2D eigenvalue weighted by Gasteiger charge is 2.22. The molecule has 0 spiro atoms. The van der Waals surface area contributed by atoms with E-state index in [-0.39, 0.29) is 55.2 Å². The lowest BCUT2D eigenvalue weighted by Crippen LogP contribution is -2.39. The van der Waals surface area contributed by atoms with Gasteiger partial charge in [0.05, 0.1) is 25.3 Å². The van der Waals surface area contributed by atoms with Gasteiger partial charge in [0, 0.05) is 38.0 Å². The van der Waals surface area contributed by atoms with Crippen molar-refractivity contribution in [2.75, 3.05) is 44.8 Å². The molecule has 2 rings (SSSR count). The number of methoxy groups -OCH3 is 1. The number of nitrogens with one attached hydrogen (secondary N) is 2. The van der Waals surface area contributed by atoms with E-state index in [0.717, 1.165) is 24.3 Å². The maximum atomic E-state index is 13.8. The Hall–Kier alpha value is -1.12. The summed E-state index contributed by atoms with van der Waals surface area (Å²) in [6.07, 6.45) is 1.12. The molecule has 1 aromatic carbocycles. The second-order valence-electron chi connectivity index (χ2n) is 6.38. The van der Waals surface area contributed by atoms with Gasteiger partial charge in [0.15, 0.2) is 0 Å². The minimum atomic E-state index is -0.324. The van der Waals surface area contributed by atoms with Crippen LogP contribution in [0.1, 0.15) is 31.4 Å². The van der Waals surface area contributed by atoms with Crippen LogP contribution in [0.3, 0.4) is 0 Å². The van der Waals surface area contributed by atoms with Crippen LogP contribution in [-0.2, 0) is 9.53 Å². The zero-order valence-corrected chi connectivity index (χ0v) is 17.4. The van der Waals surface area contributed by atoms with Crippen molar-refractivity contribution in [2.45, 2.75) is 31.9 Å². The molecule has 0 radical (unpaired) electrons. The van der Waals surface area contributed by atoms with Crippen molar-refractivity contribution in [3.05, 3.63) is 29.6 Å². The minimum absolute atomic E-state index is 0. The first-order valence-electron chi connectivity index (χ1n) is 8.72. The van der Waals surface area contributed by atoms with E-state index in [1.54, 1.807) is 13.2 Å². The summed E-state index contributed by atoms with van der Waals surface area (Å²) in [6.45, 7) is 4.62. The molecule has 0 aliphatic carbocycles. The van der Waals surface area contributed by atoms with Crippen LogP contribution in [0.15, 0.2) is 18.2 Å². The quantitative estimate of drug-likeness (QED) is 0.555. The Morgan fingerprint density at radius 3 is 2.67 bits per heavy atom. The summed E-state index contributed by atoms with van der Waals surface area (Å²) in [5.41, 5.74) is 1.66. The highest BCUT2D eigenvalue weighted by atomic mass is 35.5. The fraction of sp³-hybridized carbons (Fsp3) is 0.611. The van der Waals surface area contributed by atoms with Crippen LogP contribution in [0.4, 0.5) is 10.1 Å². The van der Waals surface area contributed by atoms with Crippen LogP contribution in [-0.4, -0.2) is 57.0 Å². The van der Waals surface area contributed by atoms with E-state index in [9.17, 15) is 14.3 Å². The van der Waals surface area contributed by atoms with Gasteiger partial charge in [0.1, 0.15) is 5.82 Å². The molecule has 1 aromatic rings. The van der Waals surface area contributed by atoms with Crippen molar-refractivity contribution in [3.63, 3.8) is 0 Å². The Balaban J connectivity index is 0.00000338. The van der Waals surface area contributed by atoms with E-state index in [1.807, 2.05) is 6.92 Å². The van der Waals surface area contributed by atoms with Crippen molar-refractivity contribution in [2.24, 2.45) is 0 Å². The van der Waals surface area contributed by atoms with Gasteiger partial charge in [0.25, 0.3) is 0 Å². The molecule has 156 valence electrons. The Kier molecular flexibility index (Phi) is 12.6. The summed E-state index contributed by atoms with van der Waals surface area (Å²) in [5.74, 6) is -0.469. The summed E-state index contributed by atoms with van der Waals surface area (Å²) < 4.78 is 18.7. The Labute approximate surface area is 172 Å². The fourth-order valence-corrected chi connectivity index (χ4v) is 3.01. The number of aliphatic hydroxyl groups excluding tert-OH is 1. The highest BCUT2D eigenvalue weighted by molar-refractivity contribution is 5.85. The van der Waals surface area contributed by atoms with E-state index in [4.69, 9.17) is 4.74 Å². The van der Waals surface area contributed by atoms with E-state index in [1.165, 1.54) is 12.1 Å². The van der Waals surface area contributed by atoms with E-state index >= 15 is 0 Å². The topological polar surface area (TPSA) is 73.8 Å². The second kappa shape index (κ2) is 13.1. The fourth-order valence-electron chi connectivity index (χ4n) is 3.01. The number of rotatable bonds is 8. The number of nitrogens with zero attached hydrogens (tertiary/aromatic N) is 1. The van der Waals surface area contributed by atoms with Gasteiger partial charge < -0.3 is 25.4 Å². The van der Waals surface area contributed by atoms with E-state index < -0.39 is 0 Å². The Bertz CT molecular complexity index is 573. The average molecular weight is 426 g/mol. The molecule has 0 aromatic heterocycles. The summed E-state index contributed by atoms with van der Waals surface area (Å²) >= 11 is 0. The summed E-state index contributed by atoms with van der Waals surface area (Å²) in [5, 5.41) is 15.6. The Morgan fingerprint density at radius 2 is 2.04 bits per heavy atom. The zero-order chi connectivity index (χ0) is 18.2. The molecule has 1 heterocycles. The van der Waals surface area contributed by atoms with Gasteiger partial charge >= 0.3 is 0 Å². The van der Waals surface area contributed by atoms with Gasteiger partial charge in [-0.2, -0.15) is 0 Å². The van der Waals surface area contributed by atoms with Gasteiger partial charge in [0.2, 0.25) is 5.91 Å². The number of carbonyl (C=O) groups is 1. The molecule has 1 unspecified atom stereocenters. The SMILES string of the molecule is COCCNCC(=O)NC(C)c1cc(F)ccc1N1CCC(O)CC1.Cl.Cl. The molecule has 6 nitrogen and oxygen atoms in total. The normalized spacial score (nSPS) is 15.5. The zero-order valence-electron chi connectivity index (χ0n) is 15.7. The molecule has 0 bridgehead atoms. The molecule has 1 amide bonds. The third-order valence-corrected chi connectivity index (χ3v) is 4.41. The molecule has 1 atom stereocenters. The lowest BCUT2D eigenvalue weighted by Gasteiger charge is -2.34. The van der Waals surface area contributed by atoms with Gasteiger partial charge in [-0.25, -0.2) is 4.39 Å². The van der Waals surface area contributed by atoms with Gasteiger partial charge in [-0.15, -0.1) is 24.8 Å². The third kappa shape index (κ3) is 8.19. The second-order valence-corrected chi connectivity index (χ2v) is 6.38. The van der Waals surface area contributed by atoms with Crippen LogP contribution in [0, 0.1) is 5.82 Å². The van der Waals surface area contributed by atoms with Crippen LogP contribution < -0.4 is 15.5 Å². The van der Waals surface area contributed by atoms with Crippen molar-refractivity contribution >= 4 is 36.4 Å². The summed E-state index contributed by atoms with van der Waals surface area (Å²) in [7, 11) is 1.61. The largest absolute Gasteiger partial charge is 0.393 e. The molecule has 1 aliphatic heterocycles. The maximum Gasteiger partial charge on any atom is 0.234 e. The first kappa shape index (κ1) is 25.9. The van der Waals surface area contributed by atoms with E-state index in [2.05, 4.69) is 15.5 Å². The molecular formula is C18H30Cl2FN3O3. The number of carbonyl (C=O) groups excluding carboxylic acids is 1. The predicted octanol–water partition coefficient (Wildman–Crippen LogP) is 2.04. The van der Waals surface area contributed by atoms with E-state index in [0.29, 0.717) is 26.0 Å². The maximum absolute atomic E-state index is 13.8. The predicted molar refractivity (Wildman–Crippen MR) is 110 cm³/mol. The highest BCUT2D eigenvalue weighted by Crippen LogP contribution is 2.29. The molecule has 1 fully saturated rings. The number of amides is 1. The summed E-state index contributed by atoms with van der Waals surface area (Å²) in [4.78, 5) is 14.2. The molecule has 27 heavy (non-hydrogen) atoms. The van der Waals surface area contributed by atoms with Gasteiger partial charge in [-0.1, -0.05) is 0 Å². The molecule has 0 saturated carbocycles. The first-order chi connectivity index (χ1) is 12.0. The third-order valence-electron chi connectivity index (χ3n) is 4.41. The number of hydrogen-bond donors (Lipinski definition) is 3. The lowest BCUT2D eigenvalue weighted by atomic mass is 10.0. The number of benzene rings is 1. The number of halogens is 3. The van der Waals surface area contributed by atoms with Crippen molar-refractivity contribution in [1.82, 2.24) is 10.6 Å². The van der Waals surface area contributed by atoms with Crippen LogP contribution in [0.2, 0.25) is 0 Å². The number of aliphatic hydroxyl groups is 1. The first-order valence-corrected chi connectivity index (χ1v) is 8.72. The van der Waals surface area contributed by atoms with Crippen molar-refractivity contribution in [1.29, 1.82) is 0 Å². The summed E-state index contributed by atoms with van der Waals surface area (Å²) in [6, 6.07) is 4.35. The number of anilines is 1.